The van der Waals surface area contributed by atoms with Gasteiger partial charge < -0.3 is 10.5 Å². The van der Waals surface area contributed by atoms with E-state index in [1.807, 2.05) is 12.1 Å². The first-order chi connectivity index (χ1) is 9.61. The maximum atomic E-state index is 6.27. The summed E-state index contributed by atoms with van der Waals surface area (Å²) >= 11 is 2.06. The highest BCUT2D eigenvalue weighted by Gasteiger charge is 2.27. The minimum atomic E-state index is 0.133. The van der Waals surface area contributed by atoms with Crippen molar-refractivity contribution >= 4 is 11.8 Å². The van der Waals surface area contributed by atoms with Crippen LogP contribution in [-0.4, -0.2) is 18.4 Å². The minimum absolute atomic E-state index is 0.133. The molecule has 0 spiro atoms. The maximum absolute atomic E-state index is 6.27. The molecule has 1 saturated carbocycles. The summed E-state index contributed by atoms with van der Waals surface area (Å²) in [7, 11) is 1.74. The second-order valence-corrected chi connectivity index (χ2v) is 7.50. The van der Waals surface area contributed by atoms with Crippen LogP contribution in [0.1, 0.15) is 50.3 Å². The Labute approximate surface area is 127 Å². The summed E-state index contributed by atoms with van der Waals surface area (Å²) in [4.78, 5) is 0. The molecule has 0 aliphatic heterocycles. The van der Waals surface area contributed by atoms with E-state index < -0.39 is 0 Å². The third-order valence-corrected chi connectivity index (χ3v) is 5.94. The summed E-state index contributed by atoms with van der Waals surface area (Å²) in [5.74, 6) is 1.82. The van der Waals surface area contributed by atoms with Crippen LogP contribution in [0, 0.1) is 5.92 Å². The molecule has 4 atom stereocenters. The second kappa shape index (κ2) is 7.37. The van der Waals surface area contributed by atoms with Gasteiger partial charge in [-0.3, -0.25) is 0 Å². The average molecular weight is 293 g/mol. The van der Waals surface area contributed by atoms with Gasteiger partial charge in [0, 0.05) is 22.1 Å². The first-order valence-corrected chi connectivity index (χ1v) is 8.60. The van der Waals surface area contributed by atoms with E-state index in [9.17, 15) is 0 Å². The Morgan fingerprint density at radius 1 is 1.30 bits per heavy atom. The molecule has 1 aliphatic carbocycles. The number of rotatable bonds is 5. The number of ether oxygens (including phenoxy) is 1. The van der Waals surface area contributed by atoms with Crippen molar-refractivity contribution in [2.24, 2.45) is 11.7 Å². The lowest BCUT2D eigenvalue weighted by molar-refractivity contribution is 0.392. The van der Waals surface area contributed by atoms with Crippen LogP contribution in [0.3, 0.4) is 0 Å². The lowest BCUT2D eigenvalue weighted by Crippen LogP contribution is -2.26. The molecule has 0 aromatic heterocycles. The molecule has 1 aliphatic rings. The fraction of sp³-hybridized carbons (Fsp3) is 0.647. The fourth-order valence-corrected chi connectivity index (χ4v) is 4.84. The molecule has 0 saturated heterocycles. The van der Waals surface area contributed by atoms with E-state index >= 15 is 0 Å². The summed E-state index contributed by atoms with van der Waals surface area (Å²) in [5, 5.41) is 1.06. The van der Waals surface area contributed by atoms with E-state index in [1.165, 1.54) is 31.2 Å². The van der Waals surface area contributed by atoms with Crippen LogP contribution in [0.5, 0.6) is 5.75 Å². The summed E-state index contributed by atoms with van der Waals surface area (Å²) < 4.78 is 5.52. The first kappa shape index (κ1) is 15.7. The van der Waals surface area contributed by atoms with Gasteiger partial charge >= 0.3 is 0 Å². The zero-order valence-corrected chi connectivity index (χ0v) is 13.7. The van der Waals surface area contributed by atoms with Gasteiger partial charge in [-0.05, 0) is 31.7 Å². The van der Waals surface area contributed by atoms with Gasteiger partial charge in [0.25, 0.3) is 0 Å². The van der Waals surface area contributed by atoms with E-state index in [-0.39, 0.29) is 6.04 Å². The molecule has 0 bridgehead atoms. The quantitative estimate of drug-likeness (QED) is 0.874. The van der Waals surface area contributed by atoms with Crippen molar-refractivity contribution in [2.45, 2.75) is 56.1 Å². The number of thioether (sulfide) groups is 1. The smallest absolute Gasteiger partial charge is 0.123 e. The number of benzene rings is 1. The minimum Gasteiger partial charge on any atom is -0.496 e. The third kappa shape index (κ3) is 3.92. The van der Waals surface area contributed by atoms with Crippen molar-refractivity contribution < 1.29 is 4.74 Å². The van der Waals surface area contributed by atoms with Crippen molar-refractivity contribution in [3.63, 3.8) is 0 Å². The summed E-state index contributed by atoms with van der Waals surface area (Å²) in [6.07, 6.45) is 5.39. The van der Waals surface area contributed by atoms with E-state index in [4.69, 9.17) is 10.5 Å². The van der Waals surface area contributed by atoms with E-state index in [0.29, 0.717) is 5.25 Å². The molecule has 3 heteroatoms. The van der Waals surface area contributed by atoms with Crippen molar-refractivity contribution in [2.75, 3.05) is 7.11 Å². The Morgan fingerprint density at radius 2 is 2.05 bits per heavy atom. The molecule has 0 heterocycles. The molecule has 112 valence electrons. The zero-order valence-electron chi connectivity index (χ0n) is 12.8. The molecule has 1 aromatic rings. The van der Waals surface area contributed by atoms with Crippen LogP contribution in [0.15, 0.2) is 24.3 Å². The van der Waals surface area contributed by atoms with Gasteiger partial charge in [-0.2, -0.15) is 0 Å². The predicted octanol–water partition coefficient (Wildman–Crippen LogP) is 4.40. The zero-order chi connectivity index (χ0) is 14.5. The van der Waals surface area contributed by atoms with Crippen molar-refractivity contribution in [1.29, 1.82) is 0 Å². The van der Waals surface area contributed by atoms with E-state index in [1.54, 1.807) is 7.11 Å². The Kier molecular flexibility index (Phi) is 5.79. The molecule has 1 fully saturated rings. The molecule has 0 amide bonds. The largest absolute Gasteiger partial charge is 0.496 e. The van der Waals surface area contributed by atoms with Gasteiger partial charge in [0.2, 0.25) is 0 Å². The summed E-state index contributed by atoms with van der Waals surface area (Å²) in [6, 6.07) is 8.43. The lowest BCUT2D eigenvalue weighted by Gasteiger charge is -2.31. The number of methoxy groups -OCH3 is 1. The molecule has 2 rings (SSSR count). The highest BCUT2D eigenvalue weighted by atomic mass is 32.2. The van der Waals surface area contributed by atoms with Gasteiger partial charge in [0.05, 0.1) is 7.11 Å². The van der Waals surface area contributed by atoms with Crippen LogP contribution in [0.25, 0.3) is 0 Å². The molecule has 20 heavy (non-hydrogen) atoms. The molecule has 4 unspecified atom stereocenters. The number of para-hydroxylation sites is 1. The van der Waals surface area contributed by atoms with Gasteiger partial charge in [-0.15, -0.1) is 11.8 Å². The SMILES string of the molecule is COc1ccccc1C(SC1CCCC(C)C1)C(C)N. The first-order valence-electron chi connectivity index (χ1n) is 7.65. The molecule has 1 aromatic carbocycles. The summed E-state index contributed by atoms with van der Waals surface area (Å²) in [6.45, 7) is 4.48. The van der Waals surface area contributed by atoms with Crippen LogP contribution in [-0.2, 0) is 0 Å². The van der Waals surface area contributed by atoms with Crippen LogP contribution < -0.4 is 10.5 Å². The highest BCUT2D eigenvalue weighted by molar-refractivity contribution is 8.00. The predicted molar refractivity (Wildman–Crippen MR) is 88.4 cm³/mol. The number of hydrogen-bond acceptors (Lipinski definition) is 3. The third-order valence-electron chi connectivity index (χ3n) is 4.15. The average Bonchev–Trinajstić information content (AvgIpc) is 2.44. The Bertz CT molecular complexity index is 421. The van der Waals surface area contributed by atoms with E-state index in [2.05, 4.69) is 37.7 Å². The maximum Gasteiger partial charge on any atom is 0.123 e. The van der Waals surface area contributed by atoms with Gasteiger partial charge in [0.1, 0.15) is 5.75 Å². The van der Waals surface area contributed by atoms with Crippen molar-refractivity contribution in [3.05, 3.63) is 29.8 Å². The van der Waals surface area contributed by atoms with Crippen LogP contribution in [0.4, 0.5) is 0 Å². The Hall–Kier alpha value is -0.670. The van der Waals surface area contributed by atoms with Crippen molar-refractivity contribution in [1.82, 2.24) is 0 Å². The number of hydrogen-bond donors (Lipinski definition) is 1. The molecule has 0 radical (unpaired) electrons. The van der Waals surface area contributed by atoms with Gasteiger partial charge in [0.15, 0.2) is 0 Å². The van der Waals surface area contributed by atoms with Crippen molar-refractivity contribution in [3.8, 4) is 5.75 Å². The molecular weight excluding hydrogens is 266 g/mol. The topological polar surface area (TPSA) is 35.2 Å². The van der Waals surface area contributed by atoms with E-state index in [0.717, 1.165) is 16.9 Å². The fourth-order valence-electron chi connectivity index (χ4n) is 3.09. The lowest BCUT2D eigenvalue weighted by atomic mass is 9.90. The van der Waals surface area contributed by atoms with Crippen LogP contribution >= 0.6 is 11.8 Å². The summed E-state index contributed by atoms with van der Waals surface area (Å²) in [5.41, 5.74) is 7.51. The van der Waals surface area contributed by atoms with Crippen LogP contribution in [0.2, 0.25) is 0 Å². The van der Waals surface area contributed by atoms with Gasteiger partial charge in [-0.25, -0.2) is 0 Å². The number of nitrogens with two attached hydrogens (primary N) is 1. The molecule has 2 nitrogen and oxygen atoms in total. The molecule has 2 N–H and O–H groups in total. The van der Waals surface area contributed by atoms with Gasteiger partial charge in [-0.1, -0.05) is 38.0 Å². The molecular formula is C17H27NOS. The highest BCUT2D eigenvalue weighted by Crippen LogP contribution is 2.43. The normalized spacial score (nSPS) is 26.0. The standard InChI is InChI=1S/C17H27NOS/c1-12-7-6-8-14(11-12)20-17(13(2)18)15-9-4-5-10-16(15)19-3/h4-5,9-10,12-14,17H,6-8,11,18H2,1-3H3. The monoisotopic (exact) mass is 293 g/mol. The Morgan fingerprint density at radius 3 is 2.70 bits per heavy atom. The second-order valence-electron chi connectivity index (χ2n) is 6.05. The Balaban J connectivity index is 2.14.